The van der Waals surface area contributed by atoms with E-state index in [1.165, 1.54) is 0 Å². The van der Waals surface area contributed by atoms with Gasteiger partial charge in [0.15, 0.2) is 0 Å². The van der Waals surface area contributed by atoms with E-state index in [0.29, 0.717) is 11.5 Å². The molecule has 13 heavy (non-hydrogen) atoms. The molecule has 2 N–H and O–H groups in total. The van der Waals surface area contributed by atoms with E-state index in [-0.39, 0.29) is 6.61 Å². The summed E-state index contributed by atoms with van der Waals surface area (Å²) >= 11 is 0. The first-order valence-electron chi connectivity index (χ1n) is 4.51. The first-order chi connectivity index (χ1) is 5.99. The fraction of sp³-hybridized carbons (Fsp3) is 0.700. The van der Waals surface area contributed by atoms with E-state index in [2.05, 4.69) is 13.8 Å². The summed E-state index contributed by atoms with van der Waals surface area (Å²) in [4.78, 5) is 10.6. The van der Waals surface area contributed by atoms with Crippen LogP contribution in [0.5, 0.6) is 0 Å². The molecule has 0 aromatic rings. The van der Waals surface area contributed by atoms with Gasteiger partial charge < -0.3 is 10.2 Å². The van der Waals surface area contributed by atoms with Crippen LogP contribution in [0, 0.1) is 11.8 Å². The highest BCUT2D eigenvalue weighted by molar-refractivity contribution is 5.73. The molecule has 0 spiro atoms. The van der Waals surface area contributed by atoms with Crippen LogP contribution in [0.1, 0.15) is 27.2 Å². The van der Waals surface area contributed by atoms with Gasteiger partial charge in [0.1, 0.15) is 0 Å². The zero-order valence-electron chi connectivity index (χ0n) is 8.45. The predicted molar refractivity (Wildman–Crippen MR) is 51.4 cm³/mol. The van der Waals surface area contributed by atoms with Crippen molar-refractivity contribution in [2.45, 2.75) is 27.2 Å². The maximum absolute atomic E-state index is 10.6. The first kappa shape index (κ1) is 12.2. The molecule has 3 nitrogen and oxygen atoms in total. The normalized spacial score (nSPS) is 14.7. The molecular weight excluding hydrogens is 168 g/mol. The number of aliphatic hydroxyl groups excluding tert-OH is 1. The number of aliphatic carboxylic acids is 1. The molecule has 0 amide bonds. The molecule has 76 valence electrons. The Hall–Kier alpha value is -0.830. The van der Waals surface area contributed by atoms with Crippen molar-refractivity contribution in [2.24, 2.45) is 11.8 Å². The summed E-state index contributed by atoms with van der Waals surface area (Å²) in [7, 11) is 0. The Bertz CT molecular complexity index is 194. The summed E-state index contributed by atoms with van der Waals surface area (Å²) in [6, 6.07) is 0. The lowest BCUT2D eigenvalue weighted by Gasteiger charge is -2.09. The summed E-state index contributed by atoms with van der Waals surface area (Å²) < 4.78 is 0. The van der Waals surface area contributed by atoms with Gasteiger partial charge in [-0.1, -0.05) is 19.9 Å². The maximum atomic E-state index is 10.6. The molecule has 0 saturated heterocycles. The van der Waals surface area contributed by atoms with Crippen LogP contribution in [0.4, 0.5) is 0 Å². The van der Waals surface area contributed by atoms with Gasteiger partial charge in [0, 0.05) is 0 Å². The van der Waals surface area contributed by atoms with Crippen molar-refractivity contribution < 1.29 is 15.0 Å². The Morgan fingerprint density at radius 2 is 1.92 bits per heavy atom. The van der Waals surface area contributed by atoms with Crippen LogP contribution in [0.15, 0.2) is 11.6 Å². The molecule has 0 heterocycles. The lowest BCUT2D eigenvalue weighted by molar-refractivity contribution is -0.140. The number of hydrogen-bond acceptors (Lipinski definition) is 2. The van der Waals surface area contributed by atoms with Gasteiger partial charge in [-0.3, -0.25) is 4.79 Å². The molecular formula is C10H18O3. The molecule has 1 atom stereocenters. The zero-order valence-corrected chi connectivity index (χ0v) is 8.45. The number of carbonyl (C=O) groups is 1. The van der Waals surface area contributed by atoms with Crippen molar-refractivity contribution in [1.82, 2.24) is 0 Å². The molecule has 0 aromatic carbocycles. The smallest absolute Gasteiger partial charge is 0.310 e. The van der Waals surface area contributed by atoms with Crippen LogP contribution in [0.3, 0.4) is 0 Å². The topological polar surface area (TPSA) is 57.5 Å². The van der Waals surface area contributed by atoms with Crippen LogP contribution in [-0.2, 0) is 4.79 Å². The van der Waals surface area contributed by atoms with E-state index in [1.54, 1.807) is 6.92 Å². The van der Waals surface area contributed by atoms with E-state index in [1.807, 2.05) is 6.08 Å². The predicted octanol–water partition coefficient (Wildman–Crippen LogP) is 1.67. The SMILES string of the molecule is CC(C)C/C=C(/CO)C(C)C(=O)O. The van der Waals surface area contributed by atoms with Crippen molar-refractivity contribution in [3.8, 4) is 0 Å². The van der Waals surface area contributed by atoms with Crippen molar-refractivity contribution in [3.63, 3.8) is 0 Å². The summed E-state index contributed by atoms with van der Waals surface area (Å²) in [5.74, 6) is -0.977. The molecule has 0 radical (unpaired) electrons. The largest absolute Gasteiger partial charge is 0.481 e. The van der Waals surface area contributed by atoms with Crippen LogP contribution < -0.4 is 0 Å². The first-order valence-corrected chi connectivity index (χ1v) is 4.51. The van der Waals surface area contributed by atoms with Gasteiger partial charge >= 0.3 is 5.97 Å². The number of hydrogen-bond donors (Lipinski definition) is 2. The lowest BCUT2D eigenvalue weighted by Crippen LogP contribution is -2.14. The Morgan fingerprint density at radius 3 is 2.23 bits per heavy atom. The standard InChI is InChI=1S/C10H18O3/c1-7(2)4-5-9(6-11)8(3)10(12)13/h5,7-8,11H,4,6H2,1-3H3,(H,12,13)/b9-5-. The molecule has 0 fully saturated rings. The minimum Gasteiger partial charge on any atom is -0.481 e. The minimum atomic E-state index is -0.885. The second-order valence-corrected chi connectivity index (χ2v) is 3.63. The van der Waals surface area contributed by atoms with Gasteiger partial charge in [0.2, 0.25) is 0 Å². The molecule has 1 unspecified atom stereocenters. The second-order valence-electron chi connectivity index (χ2n) is 3.63. The second kappa shape index (κ2) is 5.75. The van der Waals surface area contributed by atoms with Crippen LogP contribution in [0.2, 0.25) is 0 Å². The van der Waals surface area contributed by atoms with Crippen LogP contribution >= 0.6 is 0 Å². The molecule has 0 bridgehead atoms. The van der Waals surface area contributed by atoms with Gasteiger partial charge in [0.05, 0.1) is 12.5 Å². The quantitative estimate of drug-likeness (QED) is 0.642. The van der Waals surface area contributed by atoms with E-state index in [4.69, 9.17) is 10.2 Å². The van der Waals surface area contributed by atoms with E-state index in [9.17, 15) is 4.79 Å². The summed E-state index contributed by atoms with van der Waals surface area (Å²) in [5, 5.41) is 17.6. The maximum Gasteiger partial charge on any atom is 0.310 e. The van der Waals surface area contributed by atoms with Crippen molar-refractivity contribution in [2.75, 3.05) is 6.61 Å². The van der Waals surface area contributed by atoms with E-state index in [0.717, 1.165) is 6.42 Å². The molecule has 0 aliphatic heterocycles. The van der Waals surface area contributed by atoms with Crippen LogP contribution in [-0.4, -0.2) is 22.8 Å². The highest BCUT2D eigenvalue weighted by atomic mass is 16.4. The third-order valence-corrected chi connectivity index (χ3v) is 1.96. The fourth-order valence-corrected chi connectivity index (χ4v) is 0.924. The minimum absolute atomic E-state index is 0.166. The van der Waals surface area contributed by atoms with Crippen molar-refractivity contribution >= 4 is 5.97 Å². The molecule has 3 heteroatoms. The van der Waals surface area contributed by atoms with Crippen molar-refractivity contribution in [3.05, 3.63) is 11.6 Å². The highest BCUT2D eigenvalue weighted by Crippen LogP contribution is 2.13. The monoisotopic (exact) mass is 186 g/mol. The Kier molecular flexibility index (Phi) is 5.39. The molecule has 0 saturated carbocycles. The highest BCUT2D eigenvalue weighted by Gasteiger charge is 2.15. The Morgan fingerprint density at radius 1 is 1.38 bits per heavy atom. The molecule has 0 aromatic heterocycles. The lowest BCUT2D eigenvalue weighted by atomic mass is 9.99. The third-order valence-electron chi connectivity index (χ3n) is 1.96. The fourth-order valence-electron chi connectivity index (χ4n) is 0.924. The summed E-state index contributed by atoms with van der Waals surface area (Å²) in [5.41, 5.74) is 0.598. The summed E-state index contributed by atoms with van der Waals surface area (Å²) in [6.45, 7) is 5.53. The van der Waals surface area contributed by atoms with E-state index >= 15 is 0 Å². The van der Waals surface area contributed by atoms with Gasteiger partial charge in [0.25, 0.3) is 0 Å². The molecule has 0 aliphatic rings. The molecule has 0 aliphatic carbocycles. The number of carboxylic acid groups (broad SMARTS) is 1. The van der Waals surface area contributed by atoms with Crippen molar-refractivity contribution in [1.29, 1.82) is 0 Å². The van der Waals surface area contributed by atoms with Gasteiger partial charge in [-0.2, -0.15) is 0 Å². The van der Waals surface area contributed by atoms with Gasteiger partial charge in [-0.25, -0.2) is 0 Å². The average molecular weight is 186 g/mol. The Balaban J connectivity index is 4.31. The number of allylic oxidation sites excluding steroid dienone is 1. The number of rotatable bonds is 5. The average Bonchev–Trinajstić information content (AvgIpc) is 2.04. The molecule has 0 rings (SSSR count). The number of carboxylic acids is 1. The van der Waals surface area contributed by atoms with Crippen LogP contribution in [0.25, 0.3) is 0 Å². The van der Waals surface area contributed by atoms with Gasteiger partial charge in [-0.15, -0.1) is 0 Å². The zero-order chi connectivity index (χ0) is 10.4. The van der Waals surface area contributed by atoms with E-state index < -0.39 is 11.9 Å². The number of aliphatic hydroxyl groups is 1. The summed E-state index contributed by atoms with van der Waals surface area (Å²) in [6.07, 6.45) is 2.64. The van der Waals surface area contributed by atoms with Gasteiger partial charge in [-0.05, 0) is 24.8 Å². The third kappa shape index (κ3) is 4.68. The Labute approximate surface area is 79.1 Å².